The molecule has 0 amide bonds. The van der Waals surface area contributed by atoms with E-state index in [4.69, 9.17) is 18.9 Å². The van der Waals surface area contributed by atoms with Crippen LogP contribution in [0.2, 0.25) is 0 Å². The summed E-state index contributed by atoms with van der Waals surface area (Å²) in [5.41, 5.74) is 1.94. The number of nitrogens with zero attached hydrogens (tertiary/aromatic N) is 1. The van der Waals surface area contributed by atoms with Crippen LogP contribution in [0.15, 0.2) is 30.2 Å². The molecule has 2 aliphatic rings. The van der Waals surface area contributed by atoms with E-state index < -0.39 is 0 Å². The van der Waals surface area contributed by atoms with Gasteiger partial charge in [-0.15, -0.1) is 0 Å². The topological polar surface area (TPSA) is 57.2 Å². The summed E-state index contributed by atoms with van der Waals surface area (Å²) in [5, 5.41) is 0. The summed E-state index contributed by atoms with van der Waals surface area (Å²) < 4.78 is 22.4. The van der Waals surface area contributed by atoms with Crippen LogP contribution < -0.4 is 9.47 Å². The van der Waals surface area contributed by atoms with Gasteiger partial charge in [0, 0.05) is 12.5 Å². The molecule has 1 aromatic rings. The summed E-state index contributed by atoms with van der Waals surface area (Å²) >= 11 is 0. The molecule has 1 aromatic carbocycles. The number of esters is 1. The molecule has 2 unspecified atom stereocenters. The average molecular weight is 428 g/mol. The van der Waals surface area contributed by atoms with Gasteiger partial charge in [-0.3, -0.25) is 9.69 Å². The molecule has 2 atom stereocenters. The van der Waals surface area contributed by atoms with Crippen LogP contribution in [0.5, 0.6) is 11.5 Å². The van der Waals surface area contributed by atoms with Crippen molar-refractivity contribution in [3.8, 4) is 23.5 Å². The first-order chi connectivity index (χ1) is 15.1. The highest BCUT2D eigenvalue weighted by Crippen LogP contribution is 2.35. The summed E-state index contributed by atoms with van der Waals surface area (Å²) in [6, 6.07) is 9.02. The van der Waals surface area contributed by atoms with Crippen LogP contribution in [0.25, 0.3) is 0 Å². The summed E-state index contributed by atoms with van der Waals surface area (Å²) in [6.45, 7) is 4.14. The minimum Gasteiger partial charge on any atom is -0.493 e. The normalized spacial score (nSPS) is 19.2. The average Bonchev–Trinajstić information content (AvgIpc) is 3.45. The van der Waals surface area contributed by atoms with Crippen LogP contribution in [0.3, 0.4) is 0 Å². The Kier molecular flexibility index (Phi) is 8.11. The molecule has 3 rings (SSSR count). The zero-order valence-corrected chi connectivity index (χ0v) is 19.0. The Morgan fingerprint density at radius 1 is 1.23 bits per heavy atom. The van der Waals surface area contributed by atoms with Gasteiger partial charge in [0.2, 0.25) is 0 Å². The predicted molar refractivity (Wildman–Crippen MR) is 118 cm³/mol. The van der Waals surface area contributed by atoms with Gasteiger partial charge in [-0.2, -0.15) is 0 Å². The first-order valence-corrected chi connectivity index (χ1v) is 11.2. The second kappa shape index (κ2) is 11.0. The van der Waals surface area contributed by atoms with Crippen molar-refractivity contribution >= 4 is 5.97 Å². The van der Waals surface area contributed by atoms with Gasteiger partial charge >= 0.3 is 5.97 Å². The highest BCUT2D eigenvalue weighted by Gasteiger charge is 2.25. The Balaban J connectivity index is 1.90. The molecule has 1 fully saturated rings. The number of rotatable bonds is 8. The summed E-state index contributed by atoms with van der Waals surface area (Å²) in [4.78, 5) is 14.1. The molecule has 0 aromatic heterocycles. The van der Waals surface area contributed by atoms with Crippen molar-refractivity contribution in [3.63, 3.8) is 0 Å². The van der Waals surface area contributed by atoms with E-state index in [0.717, 1.165) is 36.9 Å². The molecule has 168 valence electrons. The summed E-state index contributed by atoms with van der Waals surface area (Å²) in [7, 11) is 3.04. The van der Waals surface area contributed by atoms with Crippen LogP contribution in [-0.2, 0) is 14.3 Å². The summed E-state index contributed by atoms with van der Waals surface area (Å²) in [6.07, 6.45) is 8.18. The van der Waals surface area contributed by atoms with Crippen LogP contribution in [0.4, 0.5) is 0 Å². The lowest BCUT2D eigenvalue weighted by Crippen LogP contribution is -2.26. The van der Waals surface area contributed by atoms with E-state index in [1.165, 1.54) is 20.0 Å². The maximum atomic E-state index is 12.1. The number of carbonyl (C=O) groups is 1. The molecular weight excluding hydrogens is 394 g/mol. The number of carbonyl (C=O) groups excluding carboxylic acids is 1. The molecule has 0 bridgehead atoms. The first-order valence-electron chi connectivity index (χ1n) is 11.2. The molecule has 6 nitrogen and oxygen atoms in total. The molecule has 0 spiro atoms. The highest BCUT2D eigenvalue weighted by molar-refractivity contribution is 5.71. The van der Waals surface area contributed by atoms with Crippen molar-refractivity contribution < 1.29 is 23.7 Å². The molecule has 6 heteroatoms. The van der Waals surface area contributed by atoms with E-state index >= 15 is 0 Å². The summed E-state index contributed by atoms with van der Waals surface area (Å²) in [5.74, 6) is 4.05. The Morgan fingerprint density at radius 2 is 2.00 bits per heavy atom. The lowest BCUT2D eigenvalue weighted by Gasteiger charge is -2.21. The highest BCUT2D eigenvalue weighted by atomic mass is 16.5. The van der Waals surface area contributed by atoms with E-state index in [1.807, 2.05) is 23.1 Å². The lowest BCUT2D eigenvalue weighted by atomic mass is 9.96. The van der Waals surface area contributed by atoms with E-state index in [9.17, 15) is 4.79 Å². The number of ether oxygens (including phenoxy) is 4. The maximum absolute atomic E-state index is 12.1. The van der Waals surface area contributed by atoms with E-state index in [2.05, 4.69) is 25.8 Å². The molecule has 1 saturated carbocycles. The standard InChI is InChI=1S/C25H33NO5/c1-5-20-17-30-24(6-2)26(20)14-13-19(16-25(27)29-4)18-11-12-22(28-3)23(15-18)31-21-9-7-8-10-21/h11-12,15,17,19,21,24H,5-10,16H2,1-4H3. The monoisotopic (exact) mass is 427 g/mol. The predicted octanol–water partition coefficient (Wildman–Crippen LogP) is 4.94. The number of methoxy groups -OCH3 is 2. The van der Waals surface area contributed by atoms with Gasteiger partial charge in [0.1, 0.15) is 6.26 Å². The van der Waals surface area contributed by atoms with Gasteiger partial charge in [0.15, 0.2) is 17.7 Å². The van der Waals surface area contributed by atoms with Gasteiger partial charge in [0.05, 0.1) is 38.4 Å². The van der Waals surface area contributed by atoms with Gasteiger partial charge in [-0.1, -0.05) is 25.8 Å². The van der Waals surface area contributed by atoms with Crippen molar-refractivity contribution in [1.82, 2.24) is 4.90 Å². The number of benzene rings is 1. The number of hydrogen-bond acceptors (Lipinski definition) is 6. The van der Waals surface area contributed by atoms with Crippen molar-refractivity contribution in [1.29, 1.82) is 0 Å². The smallest absolute Gasteiger partial charge is 0.307 e. The maximum Gasteiger partial charge on any atom is 0.307 e. The van der Waals surface area contributed by atoms with Crippen molar-refractivity contribution in [3.05, 3.63) is 35.7 Å². The van der Waals surface area contributed by atoms with Crippen LogP contribution in [0.1, 0.15) is 70.3 Å². The zero-order chi connectivity index (χ0) is 22.2. The molecular formula is C25H33NO5. The van der Waals surface area contributed by atoms with E-state index in [-0.39, 0.29) is 30.6 Å². The Labute approximate surface area is 185 Å². The fourth-order valence-corrected chi connectivity index (χ4v) is 3.97. The van der Waals surface area contributed by atoms with Crippen LogP contribution in [-0.4, -0.2) is 37.4 Å². The molecule has 31 heavy (non-hydrogen) atoms. The van der Waals surface area contributed by atoms with E-state index in [1.54, 1.807) is 13.4 Å². The Bertz CT molecular complexity index is 847. The zero-order valence-electron chi connectivity index (χ0n) is 19.0. The molecule has 0 radical (unpaired) electrons. The van der Waals surface area contributed by atoms with Crippen molar-refractivity contribution in [2.75, 3.05) is 14.2 Å². The molecule has 1 aliphatic carbocycles. The number of hydrogen-bond donors (Lipinski definition) is 0. The molecule has 1 aliphatic heterocycles. The minimum atomic E-state index is -0.333. The van der Waals surface area contributed by atoms with Crippen molar-refractivity contribution in [2.24, 2.45) is 0 Å². The van der Waals surface area contributed by atoms with Gasteiger partial charge in [-0.25, -0.2) is 0 Å². The first kappa shape index (κ1) is 22.9. The molecule has 0 N–H and O–H groups in total. The number of allylic oxidation sites excluding steroid dienone is 1. The van der Waals surface area contributed by atoms with Gasteiger partial charge in [0.25, 0.3) is 0 Å². The fourth-order valence-electron chi connectivity index (χ4n) is 3.97. The van der Waals surface area contributed by atoms with E-state index in [0.29, 0.717) is 11.5 Å². The third-order valence-electron chi connectivity index (χ3n) is 5.81. The third kappa shape index (κ3) is 5.66. The Morgan fingerprint density at radius 3 is 2.65 bits per heavy atom. The van der Waals surface area contributed by atoms with Gasteiger partial charge in [-0.05, 0) is 49.8 Å². The van der Waals surface area contributed by atoms with Crippen LogP contribution >= 0.6 is 0 Å². The largest absolute Gasteiger partial charge is 0.493 e. The van der Waals surface area contributed by atoms with Gasteiger partial charge < -0.3 is 18.9 Å². The second-order valence-corrected chi connectivity index (χ2v) is 7.86. The minimum absolute atomic E-state index is 0.0987. The molecule has 1 heterocycles. The molecule has 0 saturated heterocycles. The Hall–Kier alpha value is -2.81. The second-order valence-electron chi connectivity index (χ2n) is 7.86. The quantitative estimate of drug-likeness (QED) is 0.432. The third-order valence-corrected chi connectivity index (χ3v) is 5.81. The SMILES string of the molecule is CCC1=COC(CC)N1C#CC(CC(=O)OC)c1ccc(OC)c(OC2CCCC2)c1. The fraction of sp³-hybridized carbons (Fsp3) is 0.560. The van der Waals surface area contributed by atoms with Crippen molar-refractivity contribution in [2.45, 2.75) is 77.0 Å². The lowest BCUT2D eigenvalue weighted by molar-refractivity contribution is -0.140. The van der Waals surface area contributed by atoms with Crippen LogP contribution in [0, 0.1) is 12.0 Å².